The van der Waals surface area contributed by atoms with Gasteiger partial charge in [-0.2, -0.15) is 0 Å². The first-order valence-electron chi connectivity index (χ1n) is 5.72. The average molecular weight is 222 g/mol. The molecule has 2 N–H and O–H groups in total. The van der Waals surface area contributed by atoms with E-state index < -0.39 is 0 Å². The molecule has 16 heavy (non-hydrogen) atoms. The molecule has 0 bridgehead atoms. The van der Waals surface area contributed by atoms with Crippen LogP contribution in [0.15, 0.2) is 18.2 Å². The molecule has 1 aromatic rings. The van der Waals surface area contributed by atoms with Crippen LogP contribution < -0.4 is 10.6 Å². The smallest absolute Gasteiger partial charge is 0.146 e. The van der Waals surface area contributed by atoms with Crippen molar-refractivity contribution < 1.29 is 4.39 Å². The molecule has 0 saturated heterocycles. The van der Waals surface area contributed by atoms with Crippen LogP contribution >= 0.6 is 0 Å². The van der Waals surface area contributed by atoms with Crippen LogP contribution in [0.25, 0.3) is 0 Å². The van der Waals surface area contributed by atoms with E-state index in [-0.39, 0.29) is 11.2 Å². The first-order valence-corrected chi connectivity index (χ1v) is 5.72. The van der Waals surface area contributed by atoms with Crippen molar-refractivity contribution in [1.82, 2.24) is 0 Å². The maximum Gasteiger partial charge on any atom is 0.146 e. The van der Waals surface area contributed by atoms with Crippen molar-refractivity contribution in [2.75, 3.05) is 25.5 Å². The Morgan fingerprint density at radius 1 is 1.38 bits per heavy atom. The molecule has 1 aliphatic carbocycles. The summed E-state index contributed by atoms with van der Waals surface area (Å²) in [7, 11) is 3.70. The van der Waals surface area contributed by atoms with E-state index in [0.29, 0.717) is 12.2 Å². The molecule has 1 fully saturated rings. The summed E-state index contributed by atoms with van der Waals surface area (Å²) in [6.45, 7) is 0.712. The van der Waals surface area contributed by atoms with Crippen LogP contribution in [0.1, 0.15) is 18.4 Å². The molecule has 0 radical (unpaired) electrons. The van der Waals surface area contributed by atoms with Crippen LogP contribution in [0.2, 0.25) is 0 Å². The normalized spacial score (nSPS) is 17.2. The van der Waals surface area contributed by atoms with E-state index in [9.17, 15) is 4.39 Å². The lowest BCUT2D eigenvalue weighted by Gasteiger charge is -2.16. The predicted octanol–water partition coefficient (Wildman–Crippen LogP) is 2.17. The molecule has 0 amide bonds. The Morgan fingerprint density at radius 2 is 2.06 bits per heavy atom. The van der Waals surface area contributed by atoms with Gasteiger partial charge in [0.1, 0.15) is 5.82 Å². The standard InChI is InChI=1S/C13H19FN2/c1-16(2)12-4-3-10(7-11(12)14)8-13(9-15)5-6-13/h3-4,7H,5-6,8-9,15H2,1-2H3. The van der Waals surface area contributed by atoms with Crippen molar-refractivity contribution >= 4 is 5.69 Å². The molecule has 3 heteroatoms. The van der Waals surface area contributed by atoms with Gasteiger partial charge in [0.25, 0.3) is 0 Å². The largest absolute Gasteiger partial charge is 0.375 e. The van der Waals surface area contributed by atoms with Crippen molar-refractivity contribution in [3.63, 3.8) is 0 Å². The van der Waals surface area contributed by atoms with E-state index >= 15 is 0 Å². The predicted molar refractivity (Wildman–Crippen MR) is 65.2 cm³/mol. The van der Waals surface area contributed by atoms with Gasteiger partial charge in [-0.1, -0.05) is 6.07 Å². The summed E-state index contributed by atoms with van der Waals surface area (Å²) in [5, 5.41) is 0. The van der Waals surface area contributed by atoms with Gasteiger partial charge in [-0.15, -0.1) is 0 Å². The second-order valence-corrected chi connectivity index (χ2v) is 5.06. The molecular weight excluding hydrogens is 203 g/mol. The fraction of sp³-hybridized carbons (Fsp3) is 0.538. The SMILES string of the molecule is CN(C)c1ccc(CC2(CN)CC2)cc1F. The Balaban J connectivity index is 2.15. The second-order valence-electron chi connectivity index (χ2n) is 5.06. The zero-order valence-electron chi connectivity index (χ0n) is 9.96. The van der Waals surface area contributed by atoms with E-state index in [4.69, 9.17) is 5.73 Å². The van der Waals surface area contributed by atoms with E-state index in [1.165, 1.54) is 12.8 Å². The van der Waals surface area contributed by atoms with E-state index in [0.717, 1.165) is 12.0 Å². The third kappa shape index (κ3) is 2.19. The second kappa shape index (κ2) is 4.06. The Kier molecular flexibility index (Phi) is 2.89. The van der Waals surface area contributed by atoms with Gasteiger partial charge in [0, 0.05) is 14.1 Å². The van der Waals surface area contributed by atoms with Gasteiger partial charge in [0.15, 0.2) is 0 Å². The monoisotopic (exact) mass is 222 g/mol. The summed E-state index contributed by atoms with van der Waals surface area (Å²) in [6.07, 6.45) is 3.27. The summed E-state index contributed by atoms with van der Waals surface area (Å²) in [5.41, 5.74) is 7.70. The third-order valence-electron chi connectivity index (χ3n) is 3.46. The molecule has 0 heterocycles. The van der Waals surface area contributed by atoms with Gasteiger partial charge in [0.2, 0.25) is 0 Å². The number of halogens is 1. The number of rotatable bonds is 4. The lowest BCUT2D eigenvalue weighted by molar-refractivity contribution is 0.518. The Morgan fingerprint density at radius 3 is 2.50 bits per heavy atom. The molecule has 1 aromatic carbocycles. The van der Waals surface area contributed by atoms with Crippen molar-refractivity contribution in [2.45, 2.75) is 19.3 Å². The number of nitrogens with zero attached hydrogens (tertiary/aromatic N) is 1. The molecule has 0 unspecified atom stereocenters. The van der Waals surface area contributed by atoms with Gasteiger partial charge < -0.3 is 10.6 Å². The van der Waals surface area contributed by atoms with Crippen molar-refractivity contribution in [1.29, 1.82) is 0 Å². The van der Waals surface area contributed by atoms with E-state index in [1.54, 1.807) is 11.0 Å². The van der Waals surface area contributed by atoms with Crippen LogP contribution in [-0.4, -0.2) is 20.6 Å². The maximum absolute atomic E-state index is 13.7. The van der Waals surface area contributed by atoms with Gasteiger partial charge in [-0.05, 0) is 48.9 Å². The van der Waals surface area contributed by atoms with Gasteiger partial charge >= 0.3 is 0 Å². The summed E-state index contributed by atoms with van der Waals surface area (Å²) >= 11 is 0. The lowest BCUT2D eigenvalue weighted by Crippen LogP contribution is -2.18. The molecule has 0 aromatic heterocycles. The topological polar surface area (TPSA) is 29.3 Å². The first-order chi connectivity index (χ1) is 7.56. The van der Waals surface area contributed by atoms with Gasteiger partial charge in [-0.25, -0.2) is 4.39 Å². The minimum Gasteiger partial charge on any atom is -0.375 e. The highest BCUT2D eigenvalue weighted by atomic mass is 19.1. The van der Waals surface area contributed by atoms with Crippen LogP contribution in [0, 0.1) is 11.2 Å². The number of anilines is 1. The molecule has 1 aliphatic rings. The van der Waals surface area contributed by atoms with Crippen LogP contribution in [0.4, 0.5) is 10.1 Å². The first kappa shape index (κ1) is 11.4. The Labute approximate surface area is 96.2 Å². The summed E-state index contributed by atoms with van der Waals surface area (Å²) in [4.78, 5) is 1.79. The lowest BCUT2D eigenvalue weighted by atomic mass is 9.96. The van der Waals surface area contributed by atoms with Crippen molar-refractivity contribution in [3.8, 4) is 0 Å². The van der Waals surface area contributed by atoms with E-state index in [1.807, 2.05) is 26.2 Å². The molecule has 88 valence electrons. The van der Waals surface area contributed by atoms with Crippen LogP contribution in [-0.2, 0) is 6.42 Å². The van der Waals surface area contributed by atoms with Crippen molar-refractivity contribution in [3.05, 3.63) is 29.6 Å². The maximum atomic E-state index is 13.7. The zero-order chi connectivity index (χ0) is 11.8. The Bertz CT molecular complexity index is 384. The van der Waals surface area contributed by atoms with E-state index in [2.05, 4.69) is 0 Å². The Hall–Kier alpha value is -1.09. The van der Waals surface area contributed by atoms with Crippen molar-refractivity contribution in [2.24, 2.45) is 11.1 Å². The molecule has 0 atom stereocenters. The minimum absolute atomic E-state index is 0.143. The summed E-state index contributed by atoms with van der Waals surface area (Å²) < 4.78 is 13.7. The molecule has 1 saturated carbocycles. The highest BCUT2D eigenvalue weighted by Crippen LogP contribution is 2.47. The summed E-state index contributed by atoms with van der Waals surface area (Å²) in [5.74, 6) is -0.143. The van der Waals surface area contributed by atoms with Crippen LogP contribution in [0.5, 0.6) is 0 Å². The number of benzene rings is 1. The fourth-order valence-corrected chi connectivity index (χ4v) is 2.09. The molecular formula is C13H19FN2. The third-order valence-corrected chi connectivity index (χ3v) is 3.46. The summed E-state index contributed by atoms with van der Waals surface area (Å²) in [6, 6.07) is 5.50. The highest BCUT2D eigenvalue weighted by Gasteiger charge is 2.40. The van der Waals surface area contributed by atoms with Gasteiger partial charge in [-0.3, -0.25) is 0 Å². The minimum atomic E-state index is -0.143. The number of hydrogen-bond donors (Lipinski definition) is 1. The van der Waals surface area contributed by atoms with Crippen LogP contribution in [0.3, 0.4) is 0 Å². The zero-order valence-corrected chi connectivity index (χ0v) is 9.96. The average Bonchev–Trinajstić information content (AvgIpc) is 2.98. The number of nitrogens with two attached hydrogens (primary N) is 1. The molecule has 2 rings (SSSR count). The number of hydrogen-bond acceptors (Lipinski definition) is 2. The molecule has 0 aliphatic heterocycles. The fourth-order valence-electron chi connectivity index (χ4n) is 2.09. The molecule has 0 spiro atoms. The highest BCUT2D eigenvalue weighted by molar-refractivity contribution is 5.48. The van der Waals surface area contributed by atoms with Gasteiger partial charge in [0.05, 0.1) is 5.69 Å². The quantitative estimate of drug-likeness (QED) is 0.846. The molecule has 2 nitrogen and oxygen atoms in total.